The zero-order chi connectivity index (χ0) is 16.9. The zero-order valence-corrected chi connectivity index (χ0v) is 14.3. The first-order valence-electron chi connectivity index (χ1n) is 7.67. The Morgan fingerprint density at radius 1 is 1.04 bits per heavy atom. The van der Waals surface area contributed by atoms with Gasteiger partial charge in [-0.25, -0.2) is 8.42 Å². The van der Waals surface area contributed by atoms with Gasteiger partial charge in [0.15, 0.2) is 9.84 Å². The van der Waals surface area contributed by atoms with E-state index in [-0.39, 0.29) is 0 Å². The number of rotatable bonds is 7. The fraction of sp³-hybridized carbons (Fsp3) is 0.333. The predicted octanol–water partition coefficient (Wildman–Crippen LogP) is 2.87. The van der Waals surface area contributed by atoms with E-state index in [9.17, 15) is 13.5 Å². The van der Waals surface area contributed by atoms with Gasteiger partial charge in [-0.05, 0) is 36.2 Å². The van der Waals surface area contributed by atoms with Crippen molar-refractivity contribution in [1.29, 1.82) is 0 Å². The lowest BCUT2D eigenvalue weighted by atomic mass is 10.1. The Morgan fingerprint density at radius 3 is 2.17 bits per heavy atom. The average molecular weight is 333 g/mol. The Balaban J connectivity index is 2.20. The summed E-state index contributed by atoms with van der Waals surface area (Å²) in [6, 6.07) is 16.8. The summed E-state index contributed by atoms with van der Waals surface area (Å²) in [5, 5.41) is 10.00. The highest BCUT2D eigenvalue weighted by Gasteiger charge is 2.13. The molecule has 0 spiro atoms. The van der Waals surface area contributed by atoms with Crippen molar-refractivity contribution in [3.05, 3.63) is 60.2 Å². The SMILES string of the molecule is CC[C@@H](O)CN(Cc1ccc(S(C)(=O)=O)cc1)c1ccccc1. The molecule has 1 atom stereocenters. The summed E-state index contributed by atoms with van der Waals surface area (Å²) in [5.41, 5.74) is 2.04. The molecular formula is C18H23NO3S. The van der Waals surface area contributed by atoms with Crippen molar-refractivity contribution in [2.75, 3.05) is 17.7 Å². The van der Waals surface area contributed by atoms with Gasteiger partial charge in [0.2, 0.25) is 0 Å². The monoisotopic (exact) mass is 333 g/mol. The topological polar surface area (TPSA) is 57.6 Å². The molecule has 23 heavy (non-hydrogen) atoms. The Hall–Kier alpha value is -1.85. The summed E-state index contributed by atoms with van der Waals surface area (Å²) in [6.45, 7) is 3.11. The van der Waals surface area contributed by atoms with Crippen LogP contribution in [0.2, 0.25) is 0 Å². The maximum atomic E-state index is 11.5. The standard InChI is InChI=1S/C18H23NO3S/c1-3-17(20)14-19(16-7-5-4-6-8-16)13-15-9-11-18(12-10-15)23(2,21)22/h4-12,17,20H,3,13-14H2,1-2H3/t17-/m1/s1. The molecule has 2 rings (SSSR count). The molecule has 124 valence electrons. The third-order valence-corrected chi connectivity index (χ3v) is 4.88. The fourth-order valence-electron chi connectivity index (χ4n) is 2.35. The summed E-state index contributed by atoms with van der Waals surface area (Å²) in [6.07, 6.45) is 1.50. The maximum absolute atomic E-state index is 11.5. The molecule has 0 amide bonds. The summed E-state index contributed by atoms with van der Waals surface area (Å²) in [5.74, 6) is 0. The average Bonchev–Trinajstić information content (AvgIpc) is 2.54. The molecule has 2 aromatic carbocycles. The molecule has 4 nitrogen and oxygen atoms in total. The molecule has 0 radical (unpaired) electrons. The van der Waals surface area contributed by atoms with Crippen molar-refractivity contribution in [3.8, 4) is 0 Å². The van der Waals surface area contributed by atoms with E-state index in [4.69, 9.17) is 0 Å². The molecule has 0 bridgehead atoms. The largest absolute Gasteiger partial charge is 0.391 e. The highest BCUT2D eigenvalue weighted by Crippen LogP contribution is 2.19. The molecule has 0 aromatic heterocycles. The van der Waals surface area contributed by atoms with Crippen molar-refractivity contribution >= 4 is 15.5 Å². The van der Waals surface area contributed by atoms with Crippen LogP contribution >= 0.6 is 0 Å². The van der Waals surface area contributed by atoms with Crippen molar-refractivity contribution in [2.24, 2.45) is 0 Å². The molecule has 0 saturated heterocycles. The number of hydrogen-bond acceptors (Lipinski definition) is 4. The lowest BCUT2D eigenvalue weighted by Crippen LogP contribution is -2.31. The van der Waals surface area contributed by atoms with Crippen LogP contribution < -0.4 is 4.90 Å². The first-order chi connectivity index (χ1) is 10.9. The Morgan fingerprint density at radius 2 is 1.65 bits per heavy atom. The van der Waals surface area contributed by atoms with Gasteiger partial charge in [0.05, 0.1) is 11.0 Å². The van der Waals surface area contributed by atoms with Gasteiger partial charge < -0.3 is 10.0 Å². The number of benzene rings is 2. The van der Waals surface area contributed by atoms with Crippen molar-refractivity contribution in [3.63, 3.8) is 0 Å². The Kier molecular flexibility index (Phi) is 5.80. The molecular weight excluding hydrogens is 310 g/mol. The minimum atomic E-state index is -3.18. The molecule has 0 aliphatic heterocycles. The predicted molar refractivity (Wildman–Crippen MR) is 93.3 cm³/mol. The van der Waals surface area contributed by atoms with Crippen LogP contribution in [0.5, 0.6) is 0 Å². The highest BCUT2D eigenvalue weighted by atomic mass is 32.2. The molecule has 1 N–H and O–H groups in total. The van der Waals surface area contributed by atoms with Crippen molar-refractivity contribution < 1.29 is 13.5 Å². The number of hydrogen-bond donors (Lipinski definition) is 1. The number of sulfone groups is 1. The van der Waals surface area contributed by atoms with Gasteiger partial charge in [-0.3, -0.25) is 0 Å². The number of nitrogens with zero attached hydrogens (tertiary/aromatic N) is 1. The molecule has 0 unspecified atom stereocenters. The first-order valence-corrected chi connectivity index (χ1v) is 9.56. The molecule has 0 aliphatic carbocycles. The number of aliphatic hydroxyl groups excluding tert-OH is 1. The third-order valence-electron chi connectivity index (χ3n) is 3.75. The number of anilines is 1. The van der Waals surface area contributed by atoms with E-state index in [1.165, 1.54) is 6.26 Å². The Labute approximate surface area is 138 Å². The van der Waals surface area contributed by atoms with E-state index in [1.807, 2.05) is 49.4 Å². The molecule has 0 heterocycles. The highest BCUT2D eigenvalue weighted by molar-refractivity contribution is 7.90. The van der Waals surface area contributed by atoms with Gasteiger partial charge >= 0.3 is 0 Å². The minimum Gasteiger partial charge on any atom is -0.391 e. The lowest BCUT2D eigenvalue weighted by Gasteiger charge is -2.27. The second-order valence-electron chi connectivity index (χ2n) is 5.69. The van der Waals surface area contributed by atoms with Gasteiger partial charge in [0.1, 0.15) is 0 Å². The quantitative estimate of drug-likeness (QED) is 0.846. The molecule has 0 saturated carbocycles. The summed E-state index contributed by atoms with van der Waals surface area (Å²) >= 11 is 0. The van der Waals surface area contributed by atoms with Gasteiger partial charge in [-0.1, -0.05) is 37.3 Å². The van der Waals surface area contributed by atoms with E-state index < -0.39 is 15.9 Å². The van der Waals surface area contributed by atoms with E-state index in [2.05, 4.69) is 4.90 Å². The van der Waals surface area contributed by atoms with Crippen molar-refractivity contribution in [1.82, 2.24) is 0 Å². The first kappa shape index (κ1) is 17.5. The van der Waals surface area contributed by atoms with Gasteiger partial charge in [0.25, 0.3) is 0 Å². The Bertz CT molecular complexity index is 712. The molecule has 0 fully saturated rings. The summed E-state index contributed by atoms with van der Waals surface area (Å²) in [4.78, 5) is 2.42. The van der Waals surface area contributed by atoms with Gasteiger partial charge in [0, 0.05) is 25.0 Å². The van der Waals surface area contributed by atoms with Gasteiger partial charge in [-0.15, -0.1) is 0 Å². The normalized spacial score (nSPS) is 12.8. The van der Waals surface area contributed by atoms with Crippen LogP contribution in [-0.2, 0) is 16.4 Å². The van der Waals surface area contributed by atoms with Gasteiger partial charge in [-0.2, -0.15) is 0 Å². The molecule has 0 aliphatic rings. The van der Waals surface area contributed by atoms with Crippen molar-refractivity contribution in [2.45, 2.75) is 30.9 Å². The van der Waals surface area contributed by atoms with E-state index >= 15 is 0 Å². The summed E-state index contributed by atoms with van der Waals surface area (Å²) < 4.78 is 23.1. The second-order valence-corrected chi connectivity index (χ2v) is 7.71. The van der Waals surface area contributed by atoms with Crippen LogP contribution in [0.25, 0.3) is 0 Å². The number of aliphatic hydroxyl groups is 1. The fourth-order valence-corrected chi connectivity index (χ4v) is 2.98. The zero-order valence-electron chi connectivity index (χ0n) is 13.5. The smallest absolute Gasteiger partial charge is 0.175 e. The van der Waals surface area contributed by atoms with Crippen LogP contribution in [0.4, 0.5) is 5.69 Å². The second kappa shape index (κ2) is 7.62. The lowest BCUT2D eigenvalue weighted by molar-refractivity contribution is 0.175. The summed E-state index contributed by atoms with van der Waals surface area (Å²) in [7, 11) is -3.18. The maximum Gasteiger partial charge on any atom is 0.175 e. The van der Waals surface area contributed by atoms with E-state index in [0.29, 0.717) is 24.4 Å². The molecule has 5 heteroatoms. The minimum absolute atomic E-state index is 0.320. The van der Waals surface area contributed by atoms with E-state index in [1.54, 1.807) is 12.1 Å². The van der Waals surface area contributed by atoms with Crippen LogP contribution in [0.15, 0.2) is 59.5 Å². The van der Waals surface area contributed by atoms with Crippen LogP contribution in [-0.4, -0.2) is 32.4 Å². The molecule has 2 aromatic rings. The number of para-hydroxylation sites is 1. The van der Waals surface area contributed by atoms with Crippen LogP contribution in [0, 0.1) is 0 Å². The van der Waals surface area contributed by atoms with Crippen LogP contribution in [0.3, 0.4) is 0 Å². The third kappa shape index (κ3) is 5.08. The van der Waals surface area contributed by atoms with E-state index in [0.717, 1.165) is 11.3 Å². The van der Waals surface area contributed by atoms with Crippen LogP contribution in [0.1, 0.15) is 18.9 Å².